The van der Waals surface area contributed by atoms with E-state index in [4.69, 9.17) is 0 Å². The van der Waals surface area contributed by atoms with Gasteiger partial charge in [-0.15, -0.1) is 17.9 Å². The van der Waals surface area contributed by atoms with E-state index in [2.05, 4.69) is 44.9 Å². The van der Waals surface area contributed by atoms with E-state index in [0.29, 0.717) is 0 Å². The smallest absolute Gasteiger partial charge is 0.127 e. The van der Waals surface area contributed by atoms with Crippen molar-refractivity contribution >= 4 is 28.1 Å². The summed E-state index contributed by atoms with van der Waals surface area (Å²) in [6.45, 7) is 8.28. The van der Waals surface area contributed by atoms with Gasteiger partial charge in [0.2, 0.25) is 0 Å². The number of aryl methyl sites for hydroxylation is 1. The predicted octanol–water partition coefficient (Wildman–Crippen LogP) is 4.62. The molecule has 3 aromatic heterocycles. The van der Waals surface area contributed by atoms with Gasteiger partial charge in [0.15, 0.2) is 0 Å². The molecule has 0 spiro atoms. The lowest BCUT2D eigenvalue weighted by Gasteiger charge is -2.26. The maximum atomic E-state index is 4.66. The number of anilines is 1. The molecule has 1 fully saturated rings. The average Bonchev–Trinajstić information content (AvgIpc) is 3.14. The Labute approximate surface area is 165 Å². The number of pyridine rings is 2. The highest BCUT2D eigenvalue weighted by molar-refractivity contribution is 7.15. The largest absolute Gasteiger partial charge is 0.373 e. The van der Waals surface area contributed by atoms with E-state index in [1.807, 2.05) is 44.6 Å². The van der Waals surface area contributed by atoms with Crippen molar-refractivity contribution in [1.82, 2.24) is 19.9 Å². The summed E-state index contributed by atoms with van der Waals surface area (Å²) in [7, 11) is 4.03. The van der Waals surface area contributed by atoms with Crippen molar-refractivity contribution in [2.75, 3.05) is 32.5 Å². The van der Waals surface area contributed by atoms with Crippen LogP contribution in [0.1, 0.15) is 17.8 Å². The van der Waals surface area contributed by atoms with Crippen molar-refractivity contribution in [2.24, 2.45) is 5.92 Å². The molecule has 4 rings (SSSR count). The van der Waals surface area contributed by atoms with Crippen molar-refractivity contribution in [3.05, 3.63) is 48.3 Å². The Balaban J connectivity index is 0.000000197. The lowest BCUT2D eigenvalue weighted by atomic mass is 9.98. The maximum absolute atomic E-state index is 4.66. The minimum absolute atomic E-state index is 0.793. The number of piperidine rings is 1. The molecule has 27 heavy (non-hydrogen) atoms. The number of nitrogens with zero attached hydrogens (tertiary/aromatic N) is 4. The van der Waals surface area contributed by atoms with Crippen molar-refractivity contribution < 1.29 is 0 Å². The molecule has 1 aliphatic heterocycles. The zero-order chi connectivity index (χ0) is 19.2. The zero-order valence-corrected chi connectivity index (χ0v) is 17.1. The number of hydrogen-bond donors (Lipinski definition) is 1. The summed E-state index contributed by atoms with van der Waals surface area (Å²) in [6, 6.07) is 6.00. The van der Waals surface area contributed by atoms with Crippen LogP contribution in [0.2, 0.25) is 0 Å². The molecule has 4 heterocycles. The van der Waals surface area contributed by atoms with Gasteiger partial charge < -0.3 is 10.2 Å². The van der Waals surface area contributed by atoms with Crippen LogP contribution in [0.3, 0.4) is 0 Å². The molecule has 0 saturated carbocycles. The van der Waals surface area contributed by atoms with Gasteiger partial charge in [-0.05, 0) is 58.0 Å². The number of rotatable bonds is 3. The highest BCUT2D eigenvalue weighted by atomic mass is 32.1. The fraction of sp³-hybridized carbons (Fsp3) is 0.381. The fourth-order valence-electron chi connectivity index (χ4n) is 3.03. The van der Waals surface area contributed by atoms with Gasteiger partial charge in [-0.1, -0.05) is 6.08 Å². The van der Waals surface area contributed by atoms with Gasteiger partial charge in [-0.25, -0.2) is 15.0 Å². The summed E-state index contributed by atoms with van der Waals surface area (Å²) in [5.74, 6) is 1.62. The first-order chi connectivity index (χ1) is 13.1. The fourth-order valence-corrected chi connectivity index (χ4v) is 3.78. The molecule has 1 N–H and O–H groups in total. The molecule has 0 radical (unpaired) electrons. The first-order valence-electron chi connectivity index (χ1n) is 9.27. The molecule has 0 aliphatic carbocycles. The minimum atomic E-state index is 0.793. The van der Waals surface area contributed by atoms with Crippen molar-refractivity contribution in [1.29, 1.82) is 0 Å². The van der Waals surface area contributed by atoms with Crippen LogP contribution < -0.4 is 5.32 Å². The molecule has 1 aliphatic rings. The Bertz CT molecular complexity index is 896. The summed E-state index contributed by atoms with van der Waals surface area (Å²) in [5, 5.41) is 5.12. The highest BCUT2D eigenvalue weighted by Gasteiger charge is 2.12. The van der Waals surface area contributed by atoms with Crippen LogP contribution in [0.15, 0.2) is 43.2 Å². The van der Waals surface area contributed by atoms with Gasteiger partial charge in [-0.2, -0.15) is 0 Å². The third-order valence-corrected chi connectivity index (χ3v) is 5.74. The average molecular weight is 382 g/mol. The van der Waals surface area contributed by atoms with Crippen LogP contribution in [-0.4, -0.2) is 47.0 Å². The van der Waals surface area contributed by atoms with Crippen LogP contribution in [0.25, 0.3) is 21.5 Å². The Morgan fingerprint density at radius 1 is 1.22 bits per heavy atom. The van der Waals surface area contributed by atoms with Crippen LogP contribution >= 0.6 is 11.3 Å². The molecule has 0 atom stereocenters. The lowest BCUT2D eigenvalue weighted by Crippen LogP contribution is -2.29. The van der Waals surface area contributed by atoms with E-state index in [0.717, 1.165) is 38.2 Å². The number of allylic oxidation sites excluding steroid dienone is 1. The molecule has 5 nitrogen and oxygen atoms in total. The van der Waals surface area contributed by atoms with E-state index in [1.54, 1.807) is 11.3 Å². The first-order valence-corrected chi connectivity index (χ1v) is 10.1. The molecule has 6 heteroatoms. The number of nitrogens with one attached hydrogen (secondary N) is 1. The summed E-state index contributed by atoms with van der Waals surface area (Å²) >= 11 is 1.65. The van der Waals surface area contributed by atoms with Gasteiger partial charge in [-0.3, -0.25) is 0 Å². The molecule has 142 valence electrons. The summed E-state index contributed by atoms with van der Waals surface area (Å²) in [4.78, 5) is 16.7. The third kappa shape index (κ3) is 5.11. The molecular weight excluding hydrogens is 354 g/mol. The molecule has 0 unspecified atom stereocenters. The predicted molar refractivity (Wildman–Crippen MR) is 115 cm³/mol. The quantitative estimate of drug-likeness (QED) is 0.671. The maximum Gasteiger partial charge on any atom is 0.127 e. The van der Waals surface area contributed by atoms with Crippen LogP contribution in [-0.2, 0) is 0 Å². The van der Waals surface area contributed by atoms with E-state index >= 15 is 0 Å². The Morgan fingerprint density at radius 2 is 2.00 bits per heavy atom. The summed E-state index contributed by atoms with van der Waals surface area (Å²) in [6.07, 6.45) is 8.40. The van der Waals surface area contributed by atoms with E-state index in [-0.39, 0.29) is 0 Å². The number of thiazole rings is 1. The molecule has 0 amide bonds. The Hall–Kier alpha value is -2.31. The molecule has 0 aromatic carbocycles. The Kier molecular flexibility index (Phi) is 6.53. The van der Waals surface area contributed by atoms with Gasteiger partial charge in [0.05, 0.1) is 21.1 Å². The second-order valence-corrected chi connectivity index (χ2v) is 8.06. The summed E-state index contributed by atoms with van der Waals surface area (Å²) < 4.78 is 0. The second kappa shape index (κ2) is 9.06. The number of aromatic nitrogens is 3. The molecular formula is C21H27N5S. The highest BCUT2D eigenvalue weighted by Crippen LogP contribution is 2.26. The SMILES string of the molecule is C=CC1CCN(C)CC1.CNc1cc2nc(-c3cnc(C)s3)ccc2cn1. The topological polar surface area (TPSA) is 53.9 Å². The standard InChI is InChI=1S/C13H12N4S.C8H15N/c1-8-15-7-12(18-8)10-4-3-9-6-16-13(14-2)5-11(9)17-10;1-3-8-4-6-9(2)7-5-8/h3-7H,1-2H3,(H,14,16);3,8H,1,4-7H2,2H3. The number of hydrogen-bond acceptors (Lipinski definition) is 6. The second-order valence-electron chi connectivity index (χ2n) is 6.83. The molecule has 3 aromatic rings. The van der Waals surface area contributed by atoms with Crippen molar-refractivity contribution in [2.45, 2.75) is 19.8 Å². The van der Waals surface area contributed by atoms with Gasteiger partial charge in [0.25, 0.3) is 0 Å². The van der Waals surface area contributed by atoms with Gasteiger partial charge in [0, 0.05) is 30.9 Å². The van der Waals surface area contributed by atoms with E-state index in [1.165, 1.54) is 25.9 Å². The first kappa shape index (κ1) is 19.5. The monoisotopic (exact) mass is 381 g/mol. The van der Waals surface area contributed by atoms with Crippen LogP contribution in [0, 0.1) is 12.8 Å². The number of likely N-dealkylation sites (tertiary alicyclic amines) is 1. The normalized spacial score (nSPS) is 15.2. The van der Waals surface area contributed by atoms with Gasteiger partial charge >= 0.3 is 0 Å². The van der Waals surface area contributed by atoms with Gasteiger partial charge in [0.1, 0.15) is 5.82 Å². The Morgan fingerprint density at radius 3 is 2.63 bits per heavy atom. The van der Waals surface area contributed by atoms with E-state index in [9.17, 15) is 0 Å². The molecule has 0 bridgehead atoms. The number of fused-ring (bicyclic) bond motifs is 1. The zero-order valence-electron chi connectivity index (χ0n) is 16.3. The van der Waals surface area contributed by atoms with E-state index < -0.39 is 0 Å². The third-order valence-electron chi connectivity index (χ3n) is 4.80. The lowest BCUT2D eigenvalue weighted by molar-refractivity contribution is 0.244. The van der Waals surface area contributed by atoms with Crippen molar-refractivity contribution in [3.8, 4) is 10.6 Å². The van der Waals surface area contributed by atoms with Crippen molar-refractivity contribution in [3.63, 3.8) is 0 Å². The summed E-state index contributed by atoms with van der Waals surface area (Å²) in [5.41, 5.74) is 1.90. The van der Waals surface area contributed by atoms with Crippen LogP contribution in [0.4, 0.5) is 5.82 Å². The minimum Gasteiger partial charge on any atom is -0.373 e. The molecule has 1 saturated heterocycles. The van der Waals surface area contributed by atoms with Crippen LogP contribution in [0.5, 0.6) is 0 Å².